The lowest BCUT2D eigenvalue weighted by atomic mass is 10.1. The molecule has 0 aliphatic heterocycles. The summed E-state index contributed by atoms with van der Waals surface area (Å²) < 4.78 is 12.7. The molecule has 0 aromatic heterocycles. The second-order valence-electron chi connectivity index (χ2n) is 8.23. The Morgan fingerprint density at radius 2 is 1.74 bits per heavy atom. The van der Waals surface area contributed by atoms with Gasteiger partial charge in [0.2, 0.25) is 0 Å². The number of carbonyl (C=O) groups is 2. The van der Waals surface area contributed by atoms with Gasteiger partial charge in [-0.15, -0.1) is 0 Å². The maximum atomic E-state index is 13.1. The first-order valence-corrected chi connectivity index (χ1v) is 14.0. The molecule has 0 aliphatic carbocycles. The van der Waals surface area contributed by atoms with Gasteiger partial charge in [0.25, 0.3) is 11.8 Å². The Hall–Kier alpha value is -2.85. The molecule has 39 heavy (non-hydrogen) atoms. The van der Waals surface area contributed by atoms with Crippen LogP contribution in [0.25, 0.3) is 0 Å². The molecule has 0 saturated heterocycles. The predicted molar refractivity (Wildman–Crippen MR) is 162 cm³/mol. The van der Waals surface area contributed by atoms with Crippen LogP contribution in [0.15, 0.2) is 87.4 Å². The maximum Gasteiger partial charge on any atom is 0.262 e. The molecular weight excluding hydrogens is 673 g/mol. The van der Waals surface area contributed by atoms with Gasteiger partial charge < -0.3 is 14.8 Å². The van der Waals surface area contributed by atoms with Crippen LogP contribution in [0.2, 0.25) is 10.0 Å². The van der Waals surface area contributed by atoms with Crippen molar-refractivity contribution in [2.75, 3.05) is 6.61 Å². The lowest BCUT2D eigenvalue weighted by molar-refractivity contribution is -0.132. The van der Waals surface area contributed by atoms with E-state index < -0.39 is 24.0 Å². The van der Waals surface area contributed by atoms with E-state index in [1.54, 1.807) is 37.3 Å². The monoisotopic (exact) mass is 695 g/mol. The Morgan fingerprint density at radius 1 is 1.05 bits per heavy atom. The van der Waals surface area contributed by atoms with Gasteiger partial charge in [-0.25, -0.2) is 5.43 Å². The van der Waals surface area contributed by atoms with Crippen LogP contribution < -0.4 is 20.2 Å². The Bertz CT molecular complexity index is 1330. The number of nitrogens with one attached hydrogen (secondary N) is 2. The third-order valence-electron chi connectivity index (χ3n) is 5.24. The smallest absolute Gasteiger partial charge is 0.262 e. The fraction of sp³-hybridized carbons (Fsp3) is 0.179. The van der Waals surface area contributed by atoms with Crippen molar-refractivity contribution in [1.82, 2.24) is 10.7 Å². The summed E-state index contributed by atoms with van der Waals surface area (Å²) in [7, 11) is 0. The molecule has 0 bridgehead atoms. The molecule has 7 nitrogen and oxygen atoms in total. The molecule has 0 aliphatic rings. The van der Waals surface area contributed by atoms with Gasteiger partial charge in [0.15, 0.2) is 6.10 Å². The van der Waals surface area contributed by atoms with Crippen LogP contribution in [-0.2, 0) is 16.0 Å². The normalized spacial score (nSPS) is 12.4. The van der Waals surface area contributed by atoms with Gasteiger partial charge in [0.1, 0.15) is 24.1 Å². The Kier molecular flexibility index (Phi) is 11.9. The van der Waals surface area contributed by atoms with E-state index >= 15 is 0 Å². The van der Waals surface area contributed by atoms with Gasteiger partial charge >= 0.3 is 0 Å². The molecule has 0 unspecified atom stereocenters. The molecule has 2 N–H and O–H groups in total. The van der Waals surface area contributed by atoms with E-state index in [4.69, 9.17) is 32.7 Å². The molecule has 0 heterocycles. The number of amides is 2. The number of rotatable bonds is 12. The molecule has 0 spiro atoms. The van der Waals surface area contributed by atoms with E-state index in [0.717, 1.165) is 5.56 Å². The Morgan fingerprint density at radius 3 is 2.38 bits per heavy atom. The van der Waals surface area contributed by atoms with Crippen LogP contribution in [0.4, 0.5) is 0 Å². The van der Waals surface area contributed by atoms with E-state index in [0.29, 0.717) is 37.6 Å². The zero-order valence-corrected chi connectivity index (χ0v) is 25.5. The van der Waals surface area contributed by atoms with Gasteiger partial charge in [0.05, 0.1) is 20.2 Å². The van der Waals surface area contributed by atoms with Crippen molar-refractivity contribution in [3.05, 3.63) is 103 Å². The third kappa shape index (κ3) is 9.39. The summed E-state index contributed by atoms with van der Waals surface area (Å²) in [6.45, 7) is 5.56. The summed E-state index contributed by atoms with van der Waals surface area (Å²) in [5, 5.41) is 7.55. The summed E-state index contributed by atoms with van der Waals surface area (Å²) in [5.41, 5.74) is 4.07. The van der Waals surface area contributed by atoms with Crippen molar-refractivity contribution in [2.24, 2.45) is 5.10 Å². The average Bonchev–Trinajstić information content (AvgIpc) is 2.90. The SMILES string of the molecule is C=CCOc1c(Br)cc(/C=N\NC(=O)[C@H](Cc2ccccc2)NC(=O)[C@H](C)Oc2ccc(Cl)cc2Cl)cc1Br. The number of halogens is 4. The van der Waals surface area contributed by atoms with E-state index in [1.165, 1.54) is 12.3 Å². The summed E-state index contributed by atoms with van der Waals surface area (Å²) in [6, 6.07) is 16.7. The molecule has 204 valence electrons. The van der Waals surface area contributed by atoms with Crippen LogP contribution in [-0.4, -0.2) is 36.8 Å². The molecule has 2 amide bonds. The third-order valence-corrected chi connectivity index (χ3v) is 6.95. The zero-order valence-electron chi connectivity index (χ0n) is 20.8. The first kappa shape index (κ1) is 30.7. The zero-order chi connectivity index (χ0) is 28.4. The average molecular weight is 698 g/mol. The van der Waals surface area contributed by atoms with E-state index in [2.05, 4.69) is 54.3 Å². The highest BCUT2D eigenvalue weighted by Crippen LogP contribution is 2.34. The van der Waals surface area contributed by atoms with Gasteiger partial charge in [-0.1, -0.05) is 66.2 Å². The van der Waals surface area contributed by atoms with Crippen molar-refractivity contribution in [2.45, 2.75) is 25.5 Å². The number of hydrogen-bond donors (Lipinski definition) is 2. The van der Waals surface area contributed by atoms with Crippen molar-refractivity contribution >= 4 is 73.1 Å². The van der Waals surface area contributed by atoms with Crippen molar-refractivity contribution in [1.29, 1.82) is 0 Å². The summed E-state index contributed by atoms with van der Waals surface area (Å²) in [6.07, 6.45) is 2.44. The van der Waals surface area contributed by atoms with E-state index in [9.17, 15) is 9.59 Å². The van der Waals surface area contributed by atoms with E-state index in [-0.39, 0.29) is 11.4 Å². The van der Waals surface area contributed by atoms with Crippen LogP contribution >= 0.6 is 55.1 Å². The highest BCUT2D eigenvalue weighted by molar-refractivity contribution is 9.11. The van der Waals surface area contributed by atoms with Gasteiger partial charge in [-0.2, -0.15) is 5.10 Å². The topological polar surface area (TPSA) is 89.0 Å². The second-order valence-corrected chi connectivity index (χ2v) is 10.8. The fourth-order valence-electron chi connectivity index (χ4n) is 3.35. The standard InChI is InChI=1S/C28H25Br2Cl2N3O4/c1-3-11-38-26-21(29)12-19(13-22(26)30)16-33-35-28(37)24(14-18-7-5-4-6-8-18)34-27(36)17(2)39-25-10-9-20(31)15-23(25)32/h3-10,12-13,15-17,24H,1,11,14H2,2H3,(H,34,36)(H,35,37)/b33-16-/t17-,24-/m0/s1. The molecule has 3 aromatic carbocycles. The van der Waals surface area contributed by atoms with Crippen molar-refractivity contribution < 1.29 is 19.1 Å². The molecule has 0 fully saturated rings. The number of benzene rings is 3. The second kappa shape index (κ2) is 15.1. The first-order valence-electron chi connectivity index (χ1n) is 11.7. The quantitative estimate of drug-likeness (QED) is 0.125. The Balaban J connectivity index is 1.70. The number of carbonyl (C=O) groups excluding carboxylic acids is 2. The Labute approximate surface area is 253 Å². The predicted octanol–water partition coefficient (Wildman–Crippen LogP) is 6.73. The number of hydrogen-bond acceptors (Lipinski definition) is 5. The van der Waals surface area contributed by atoms with Gasteiger partial charge in [0, 0.05) is 11.4 Å². The minimum absolute atomic E-state index is 0.245. The van der Waals surface area contributed by atoms with Crippen molar-refractivity contribution in [3.63, 3.8) is 0 Å². The summed E-state index contributed by atoms with van der Waals surface area (Å²) >= 11 is 19.0. The van der Waals surface area contributed by atoms with E-state index in [1.807, 2.05) is 30.3 Å². The lowest BCUT2D eigenvalue weighted by Crippen LogP contribution is -2.50. The number of ether oxygens (including phenoxy) is 2. The highest BCUT2D eigenvalue weighted by atomic mass is 79.9. The fourth-order valence-corrected chi connectivity index (χ4v) is 5.25. The molecule has 2 atom stereocenters. The molecule has 3 rings (SSSR count). The molecule has 0 saturated carbocycles. The van der Waals surface area contributed by atoms with Crippen LogP contribution in [0, 0.1) is 0 Å². The molecule has 0 radical (unpaired) electrons. The first-order chi connectivity index (χ1) is 18.7. The maximum absolute atomic E-state index is 13.1. The van der Waals surface area contributed by atoms with Crippen LogP contribution in [0.3, 0.4) is 0 Å². The van der Waals surface area contributed by atoms with Crippen LogP contribution in [0.1, 0.15) is 18.1 Å². The summed E-state index contributed by atoms with van der Waals surface area (Å²) in [4.78, 5) is 26.0. The highest BCUT2D eigenvalue weighted by Gasteiger charge is 2.25. The largest absolute Gasteiger partial charge is 0.487 e. The minimum Gasteiger partial charge on any atom is -0.487 e. The van der Waals surface area contributed by atoms with Crippen molar-refractivity contribution in [3.8, 4) is 11.5 Å². The van der Waals surface area contributed by atoms with Gasteiger partial charge in [-0.3, -0.25) is 9.59 Å². The molecular formula is C28H25Br2Cl2N3O4. The van der Waals surface area contributed by atoms with Crippen LogP contribution in [0.5, 0.6) is 11.5 Å². The molecule has 3 aromatic rings. The number of nitrogens with zero attached hydrogens (tertiary/aromatic N) is 1. The molecule has 11 heteroatoms. The lowest BCUT2D eigenvalue weighted by Gasteiger charge is -2.21. The number of hydrazone groups is 1. The van der Waals surface area contributed by atoms with Gasteiger partial charge in [-0.05, 0) is 80.2 Å². The minimum atomic E-state index is -0.935. The summed E-state index contributed by atoms with van der Waals surface area (Å²) in [5.74, 6) is -0.0677.